The van der Waals surface area contributed by atoms with E-state index in [-0.39, 0.29) is 11.8 Å². The Morgan fingerprint density at radius 1 is 1.04 bits per heavy atom. The van der Waals surface area contributed by atoms with E-state index in [9.17, 15) is 9.59 Å². The third kappa shape index (κ3) is 5.21. The molecular formula is C21H24N2O3. The van der Waals surface area contributed by atoms with Crippen LogP contribution in [0.5, 0.6) is 5.75 Å². The van der Waals surface area contributed by atoms with Gasteiger partial charge in [-0.1, -0.05) is 19.6 Å². The number of amides is 2. The Labute approximate surface area is 154 Å². The van der Waals surface area contributed by atoms with Gasteiger partial charge in [0.25, 0.3) is 5.91 Å². The Bertz CT molecular complexity index is 811. The van der Waals surface area contributed by atoms with Crippen LogP contribution in [0.15, 0.2) is 54.6 Å². The third-order valence-corrected chi connectivity index (χ3v) is 3.78. The van der Waals surface area contributed by atoms with Crippen molar-refractivity contribution < 1.29 is 14.3 Å². The number of ether oxygens (including phenoxy) is 1. The number of hydrogen-bond donors (Lipinski definition) is 2. The molecule has 0 fully saturated rings. The van der Waals surface area contributed by atoms with E-state index >= 15 is 0 Å². The van der Waals surface area contributed by atoms with Crippen LogP contribution in [-0.2, 0) is 4.79 Å². The first-order chi connectivity index (χ1) is 12.4. The van der Waals surface area contributed by atoms with Gasteiger partial charge in [0.05, 0.1) is 0 Å². The molecule has 5 heteroatoms. The molecule has 0 aliphatic carbocycles. The first kappa shape index (κ1) is 19.2. The van der Waals surface area contributed by atoms with Gasteiger partial charge in [-0.05, 0) is 61.4 Å². The molecule has 5 nitrogen and oxygen atoms in total. The zero-order chi connectivity index (χ0) is 19.1. The van der Waals surface area contributed by atoms with Gasteiger partial charge in [0.1, 0.15) is 12.4 Å². The Kier molecular flexibility index (Phi) is 6.55. The van der Waals surface area contributed by atoms with Crippen molar-refractivity contribution in [3.05, 3.63) is 65.7 Å². The summed E-state index contributed by atoms with van der Waals surface area (Å²) in [6, 6.07) is 12.3. The molecule has 0 aliphatic heterocycles. The SMILES string of the molecule is C=C(C)COc1ccc(C(=O)Nc2cccc(NC(=O)CC)c2C)cc1. The Hall–Kier alpha value is -3.08. The zero-order valence-corrected chi connectivity index (χ0v) is 15.4. The molecule has 0 atom stereocenters. The van der Waals surface area contributed by atoms with Crippen LogP contribution in [0.3, 0.4) is 0 Å². The fourth-order valence-electron chi connectivity index (χ4n) is 2.25. The van der Waals surface area contributed by atoms with Gasteiger partial charge in [-0.15, -0.1) is 0 Å². The highest BCUT2D eigenvalue weighted by Crippen LogP contribution is 2.24. The first-order valence-corrected chi connectivity index (χ1v) is 8.48. The molecule has 2 aromatic rings. The van der Waals surface area contributed by atoms with E-state index in [0.717, 1.165) is 11.1 Å². The predicted molar refractivity (Wildman–Crippen MR) is 105 cm³/mol. The molecule has 0 saturated heterocycles. The molecule has 0 radical (unpaired) electrons. The van der Waals surface area contributed by atoms with E-state index in [1.54, 1.807) is 43.3 Å². The highest BCUT2D eigenvalue weighted by atomic mass is 16.5. The quantitative estimate of drug-likeness (QED) is 0.718. The van der Waals surface area contributed by atoms with Gasteiger partial charge in [-0.3, -0.25) is 9.59 Å². The summed E-state index contributed by atoms with van der Waals surface area (Å²) < 4.78 is 5.53. The summed E-state index contributed by atoms with van der Waals surface area (Å²) in [6.07, 6.45) is 0.399. The van der Waals surface area contributed by atoms with Gasteiger partial charge in [0.15, 0.2) is 0 Å². The molecule has 0 bridgehead atoms. The van der Waals surface area contributed by atoms with Crippen LogP contribution >= 0.6 is 0 Å². The smallest absolute Gasteiger partial charge is 0.255 e. The maximum atomic E-state index is 12.5. The molecule has 2 amide bonds. The van der Waals surface area contributed by atoms with Crippen LogP contribution in [0.25, 0.3) is 0 Å². The van der Waals surface area contributed by atoms with E-state index < -0.39 is 0 Å². The van der Waals surface area contributed by atoms with Crippen LogP contribution in [-0.4, -0.2) is 18.4 Å². The lowest BCUT2D eigenvalue weighted by Gasteiger charge is -2.13. The molecule has 0 aromatic heterocycles. The molecule has 0 unspecified atom stereocenters. The van der Waals surface area contributed by atoms with E-state index in [1.165, 1.54) is 0 Å². The van der Waals surface area contributed by atoms with E-state index in [4.69, 9.17) is 4.74 Å². The minimum absolute atomic E-state index is 0.0677. The van der Waals surface area contributed by atoms with Crippen molar-refractivity contribution in [1.29, 1.82) is 0 Å². The van der Waals surface area contributed by atoms with Gasteiger partial charge in [-0.2, -0.15) is 0 Å². The lowest BCUT2D eigenvalue weighted by molar-refractivity contribution is -0.115. The fraction of sp³-hybridized carbons (Fsp3) is 0.238. The number of carbonyl (C=O) groups excluding carboxylic acids is 2. The van der Waals surface area contributed by atoms with Gasteiger partial charge in [0, 0.05) is 23.4 Å². The minimum atomic E-state index is -0.224. The summed E-state index contributed by atoms with van der Waals surface area (Å²) in [6.45, 7) is 9.77. The van der Waals surface area contributed by atoms with Gasteiger partial charge in [0.2, 0.25) is 5.91 Å². The van der Waals surface area contributed by atoms with Crippen molar-refractivity contribution in [3.8, 4) is 5.75 Å². The number of nitrogens with one attached hydrogen (secondary N) is 2. The summed E-state index contributed by atoms with van der Waals surface area (Å²) in [7, 11) is 0. The summed E-state index contributed by atoms with van der Waals surface area (Å²) >= 11 is 0. The van der Waals surface area contributed by atoms with Gasteiger partial charge >= 0.3 is 0 Å². The molecule has 0 saturated carbocycles. The number of rotatable bonds is 7. The van der Waals surface area contributed by atoms with Crippen LogP contribution in [0.4, 0.5) is 11.4 Å². The zero-order valence-electron chi connectivity index (χ0n) is 15.4. The number of benzene rings is 2. The molecule has 2 N–H and O–H groups in total. The van der Waals surface area contributed by atoms with Gasteiger partial charge in [-0.25, -0.2) is 0 Å². The van der Waals surface area contributed by atoms with E-state index in [2.05, 4.69) is 17.2 Å². The number of hydrogen-bond acceptors (Lipinski definition) is 3. The van der Waals surface area contributed by atoms with Crippen molar-refractivity contribution in [3.63, 3.8) is 0 Å². The summed E-state index contributed by atoms with van der Waals surface area (Å²) in [4.78, 5) is 24.1. The van der Waals surface area contributed by atoms with Crippen molar-refractivity contribution in [2.75, 3.05) is 17.2 Å². The average molecular weight is 352 g/mol. The van der Waals surface area contributed by atoms with E-state index in [1.807, 2.05) is 19.9 Å². The first-order valence-electron chi connectivity index (χ1n) is 8.48. The third-order valence-electron chi connectivity index (χ3n) is 3.78. The van der Waals surface area contributed by atoms with Crippen LogP contribution in [0.1, 0.15) is 36.2 Å². The van der Waals surface area contributed by atoms with Crippen molar-refractivity contribution >= 4 is 23.2 Å². The molecule has 0 spiro atoms. The maximum absolute atomic E-state index is 12.5. The summed E-state index contributed by atoms with van der Waals surface area (Å²) in [5.41, 5.74) is 3.61. The number of carbonyl (C=O) groups is 2. The lowest BCUT2D eigenvalue weighted by Crippen LogP contribution is -2.15. The second-order valence-electron chi connectivity index (χ2n) is 6.10. The predicted octanol–water partition coefficient (Wildman–Crippen LogP) is 4.55. The van der Waals surface area contributed by atoms with Crippen molar-refractivity contribution in [2.24, 2.45) is 0 Å². The highest BCUT2D eigenvalue weighted by molar-refractivity contribution is 6.05. The van der Waals surface area contributed by atoms with E-state index in [0.29, 0.717) is 35.7 Å². The van der Waals surface area contributed by atoms with Crippen LogP contribution < -0.4 is 15.4 Å². The maximum Gasteiger partial charge on any atom is 0.255 e. The standard InChI is InChI=1S/C21H24N2O3/c1-5-20(24)22-18-7-6-8-19(15(18)4)23-21(25)16-9-11-17(12-10-16)26-13-14(2)3/h6-12H,2,5,13H2,1,3-4H3,(H,22,24)(H,23,25). The molecule has 136 valence electrons. The normalized spacial score (nSPS) is 10.1. The molecule has 26 heavy (non-hydrogen) atoms. The van der Waals surface area contributed by atoms with Crippen molar-refractivity contribution in [1.82, 2.24) is 0 Å². The Morgan fingerprint density at radius 2 is 1.65 bits per heavy atom. The molecule has 2 rings (SSSR count). The Balaban J connectivity index is 2.08. The second-order valence-corrected chi connectivity index (χ2v) is 6.10. The van der Waals surface area contributed by atoms with Gasteiger partial charge < -0.3 is 15.4 Å². The van der Waals surface area contributed by atoms with Crippen LogP contribution in [0, 0.1) is 6.92 Å². The minimum Gasteiger partial charge on any atom is -0.489 e. The molecular weight excluding hydrogens is 328 g/mol. The van der Waals surface area contributed by atoms with Crippen molar-refractivity contribution in [2.45, 2.75) is 27.2 Å². The second kappa shape index (κ2) is 8.85. The number of anilines is 2. The molecule has 2 aromatic carbocycles. The fourth-order valence-corrected chi connectivity index (χ4v) is 2.25. The highest BCUT2D eigenvalue weighted by Gasteiger charge is 2.11. The monoisotopic (exact) mass is 352 g/mol. The largest absolute Gasteiger partial charge is 0.489 e. The summed E-state index contributed by atoms with van der Waals surface area (Å²) in [5, 5.41) is 5.71. The molecule has 0 aliphatic rings. The average Bonchev–Trinajstić information content (AvgIpc) is 2.63. The summed E-state index contributed by atoms with van der Waals surface area (Å²) in [5.74, 6) is 0.394. The lowest BCUT2D eigenvalue weighted by atomic mass is 10.1. The Morgan fingerprint density at radius 3 is 2.23 bits per heavy atom. The molecule has 0 heterocycles. The van der Waals surface area contributed by atoms with Crippen LogP contribution in [0.2, 0.25) is 0 Å². The topological polar surface area (TPSA) is 67.4 Å².